The van der Waals surface area contributed by atoms with Gasteiger partial charge in [-0.1, -0.05) is 13.0 Å². The average molecular weight is 301 g/mol. The van der Waals surface area contributed by atoms with Crippen LogP contribution in [0.5, 0.6) is 11.5 Å². The van der Waals surface area contributed by atoms with Gasteiger partial charge in [-0.25, -0.2) is 0 Å². The van der Waals surface area contributed by atoms with Gasteiger partial charge in [-0.15, -0.1) is 10.2 Å². The van der Waals surface area contributed by atoms with Crippen LogP contribution in [0, 0.1) is 0 Å². The van der Waals surface area contributed by atoms with E-state index in [4.69, 9.17) is 13.9 Å². The number of ether oxygens (including phenoxy) is 2. The van der Waals surface area contributed by atoms with Crippen LogP contribution >= 0.6 is 0 Å². The van der Waals surface area contributed by atoms with E-state index < -0.39 is 0 Å². The summed E-state index contributed by atoms with van der Waals surface area (Å²) < 4.78 is 16.5. The Labute approximate surface area is 129 Å². The monoisotopic (exact) mass is 301 g/mol. The number of fused-ring (bicyclic) bond motifs is 1. The molecule has 0 unspecified atom stereocenters. The molecule has 6 nitrogen and oxygen atoms in total. The number of hydrogen-bond acceptors (Lipinski definition) is 6. The fraction of sp³-hybridized carbons (Fsp3) is 0.500. The minimum atomic E-state index is 0.308. The number of nitrogens with zero attached hydrogens (tertiary/aromatic N) is 3. The first kappa shape index (κ1) is 13.6. The minimum absolute atomic E-state index is 0.308. The summed E-state index contributed by atoms with van der Waals surface area (Å²) in [6.45, 7) is 4.84. The fourth-order valence-corrected chi connectivity index (χ4v) is 2.59. The molecule has 0 saturated heterocycles. The molecule has 1 aliphatic carbocycles. The summed E-state index contributed by atoms with van der Waals surface area (Å²) in [7, 11) is 0. The molecule has 1 saturated carbocycles. The van der Waals surface area contributed by atoms with E-state index in [2.05, 4.69) is 28.1 Å². The zero-order valence-corrected chi connectivity index (χ0v) is 12.6. The summed E-state index contributed by atoms with van der Waals surface area (Å²) in [5.74, 6) is 3.64. The molecule has 4 rings (SSSR count). The third-order valence-corrected chi connectivity index (χ3v) is 4.06. The van der Waals surface area contributed by atoms with E-state index >= 15 is 0 Å². The van der Waals surface area contributed by atoms with Gasteiger partial charge < -0.3 is 13.9 Å². The largest absolute Gasteiger partial charge is 0.454 e. The van der Waals surface area contributed by atoms with Crippen LogP contribution in [0.2, 0.25) is 0 Å². The Kier molecular flexibility index (Phi) is 3.46. The first-order valence-corrected chi connectivity index (χ1v) is 7.75. The SMILES string of the molecule is CCN(Cc1ccc2c(c1)OCO2)Cc1nnc(C2CC2)o1. The standard InChI is InChI=1S/C16H19N3O3/c1-2-19(9-15-17-18-16(22-15)12-4-5-12)8-11-3-6-13-14(7-11)21-10-20-13/h3,6-7,12H,2,4-5,8-10H2,1H3. The van der Waals surface area contributed by atoms with Crippen molar-refractivity contribution in [1.82, 2.24) is 15.1 Å². The number of rotatable bonds is 6. The molecule has 2 heterocycles. The van der Waals surface area contributed by atoms with Crippen LogP contribution in [0.25, 0.3) is 0 Å². The Balaban J connectivity index is 1.42. The minimum Gasteiger partial charge on any atom is -0.454 e. The Hall–Kier alpha value is -2.08. The summed E-state index contributed by atoms with van der Waals surface area (Å²) >= 11 is 0. The first-order chi connectivity index (χ1) is 10.8. The van der Waals surface area contributed by atoms with E-state index in [1.54, 1.807) is 0 Å². The quantitative estimate of drug-likeness (QED) is 0.817. The molecule has 0 spiro atoms. The molecule has 2 aromatic rings. The number of benzene rings is 1. The van der Waals surface area contributed by atoms with Gasteiger partial charge in [0.1, 0.15) is 0 Å². The normalized spacial score (nSPS) is 16.5. The molecule has 0 radical (unpaired) electrons. The summed E-state index contributed by atoms with van der Waals surface area (Å²) in [5.41, 5.74) is 1.19. The van der Waals surface area contributed by atoms with Crippen molar-refractivity contribution in [3.8, 4) is 11.5 Å². The van der Waals surface area contributed by atoms with Crippen LogP contribution in [0.15, 0.2) is 22.6 Å². The molecule has 116 valence electrons. The van der Waals surface area contributed by atoms with Crippen molar-refractivity contribution in [3.63, 3.8) is 0 Å². The van der Waals surface area contributed by atoms with E-state index in [1.165, 1.54) is 18.4 Å². The fourth-order valence-electron chi connectivity index (χ4n) is 2.59. The van der Waals surface area contributed by atoms with E-state index in [0.29, 0.717) is 25.1 Å². The van der Waals surface area contributed by atoms with Gasteiger partial charge in [-0.3, -0.25) is 4.90 Å². The molecule has 22 heavy (non-hydrogen) atoms. The summed E-state index contributed by atoms with van der Waals surface area (Å²) in [6.07, 6.45) is 2.35. The Bertz CT molecular complexity index is 666. The smallest absolute Gasteiger partial charge is 0.231 e. The molecule has 1 fully saturated rings. The molecule has 0 amide bonds. The van der Waals surface area contributed by atoms with Gasteiger partial charge in [-0.2, -0.15) is 0 Å². The molecular formula is C16H19N3O3. The predicted molar refractivity (Wildman–Crippen MR) is 78.6 cm³/mol. The van der Waals surface area contributed by atoms with E-state index in [9.17, 15) is 0 Å². The van der Waals surface area contributed by atoms with Crippen molar-refractivity contribution in [3.05, 3.63) is 35.5 Å². The van der Waals surface area contributed by atoms with Crippen molar-refractivity contribution in [2.45, 2.75) is 38.8 Å². The van der Waals surface area contributed by atoms with Gasteiger partial charge in [0.05, 0.1) is 6.54 Å². The zero-order chi connectivity index (χ0) is 14.9. The van der Waals surface area contributed by atoms with E-state index in [1.807, 2.05) is 12.1 Å². The van der Waals surface area contributed by atoms with Gasteiger partial charge in [0, 0.05) is 12.5 Å². The Morgan fingerprint density at radius 3 is 2.82 bits per heavy atom. The first-order valence-electron chi connectivity index (χ1n) is 7.75. The lowest BCUT2D eigenvalue weighted by molar-refractivity contribution is 0.174. The second-order valence-electron chi connectivity index (χ2n) is 5.80. The third-order valence-electron chi connectivity index (χ3n) is 4.06. The topological polar surface area (TPSA) is 60.6 Å². The van der Waals surface area contributed by atoms with E-state index in [-0.39, 0.29) is 0 Å². The highest BCUT2D eigenvalue weighted by Crippen LogP contribution is 2.39. The lowest BCUT2D eigenvalue weighted by Crippen LogP contribution is -2.22. The third kappa shape index (κ3) is 2.78. The molecule has 1 aromatic carbocycles. The Morgan fingerprint density at radius 1 is 1.14 bits per heavy atom. The molecule has 1 aromatic heterocycles. The second kappa shape index (κ2) is 5.61. The summed E-state index contributed by atoms with van der Waals surface area (Å²) in [4.78, 5) is 2.27. The number of hydrogen-bond donors (Lipinski definition) is 0. The van der Waals surface area contributed by atoms with Crippen LogP contribution < -0.4 is 9.47 Å². The van der Waals surface area contributed by atoms with Gasteiger partial charge in [0.15, 0.2) is 11.5 Å². The molecule has 6 heteroatoms. The van der Waals surface area contributed by atoms with E-state index in [0.717, 1.165) is 30.5 Å². The maximum Gasteiger partial charge on any atom is 0.231 e. The predicted octanol–water partition coefficient (Wildman–Crippen LogP) is 2.70. The highest BCUT2D eigenvalue weighted by Gasteiger charge is 2.29. The van der Waals surface area contributed by atoms with Gasteiger partial charge in [0.2, 0.25) is 18.6 Å². The van der Waals surface area contributed by atoms with Gasteiger partial charge in [0.25, 0.3) is 0 Å². The van der Waals surface area contributed by atoms with Gasteiger partial charge in [-0.05, 0) is 37.1 Å². The van der Waals surface area contributed by atoms with Crippen molar-refractivity contribution in [2.24, 2.45) is 0 Å². The number of aromatic nitrogens is 2. The molecule has 2 aliphatic rings. The summed E-state index contributed by atoms with van der Waals surface area (Å²) in [5, 5.41) is 8.30. The highest BCUT2D eigenvalue weighted by atomic mass is 16.7. The second-order valence-corrected chi connectivity index (χ2v) is 5.80. The van der Waals surface area contributed by atoms with Crippen molar-refractivity contribution in [1.29, 1.82) is 0 Å². The maximum atomic E-state index is 5.74. The Morgan fingerprint density at radius 2 is 2.00 bits per heavy atom. The van der Waals surface area contributed by atoms with Crippen LogP contribution in [0.4, 0.5) is 0 Å². The molecule has 0 atom stereocenters. The molecule has 0 N–H and O–H groups in total. The zero-order valence-electron chi connectivity index (χ0n) is 12.6. The lowest BCUT2D eigenvalue weighted by Gasteiger charge is -2.18. The average Bonchev–Trinajstić information content (AvgIpc) is 3.10. The maximum absolute atomic E-state index is 5.74. The van der Waals surface area contributed by atoms with Crippen LogP contribution in [0.3, 0.4) is 0 Å². The molecule has 1 aliphatic heterocycles. The van der Waals surface area contributed by atoms with Gasteiger partial charge >= 0.3 is 0 Å². The lowest BCUT2D eigenvalue weighted by atomic mass is 10.2. The van der Waals surface area contributed by atoms with Crippen LogP contribution in [-0.4, -0.2) is 28.4 Å². The van der Waals surface area contributed by atoms with Crippen LogP contribution in [0.1, 0.15) is 43.0 Å². The van der Waals surface area contributed by atoms with Crippen molar-refractivity contribution >= 4 is 0 Å². The highest BCUT2D eigenvalue weighted by molar-refractivity contribution is 5.44. The molecule has 0 bridgehead atoms. The molecular weight excluding hydrogens is 282 g/mol. The van der Waals surface area contributed by atoms with Crippen molar-refractivity contribution in [2.75, 3.05) is 13.3 Å². The van der Waals surface area contributed by atoms with Crippen molar-refractivity contribution < 1.29 is 13.9 Å². The summed E-state index contributed by atoms with van der Waals surface area (Å²) in [6, 6.07) is 6.07. The van der Waals surface area contributed by atoms with Crippen LogP contribution in [-0.2, 0) is 13.1 Å².